The summed E-state index contributed by atoms with van der Waals surface area (Å²) in [6.45, 7) is 1.79. The van der Waals surface area contributed by atoms with E-state index < -0.39 is 11.8 Å². The Morgan fingerprint density at radius 2 is 1.72 bits per heavy atom. The second-order valence-corrected chi connectivity index (χ2v) is 8.58. The van der Waals surface area contributed by atoms with E-state index in [4.69, 9.17) is 39.2 Å². The largest absolute Gasteiger partial charge is 0.455 e. The number of nitrogens with zero attached hydrogens (tertiary/aromatic N) is 1. The molecular formula is C23H18Cl3N3O3. The first-order valence-corrected chi connectivity index (χ1v) is 11.0. The van der Waals surface area contributed by atoms with Crippen LogP contribution in [-0.4, -0.2) is 17.5 Å². The number of hydrogen-bond acceptors (Lipinski definition) is 4. The standard InChI is InChI=1S/C23H18Cl3N3O3/c1-12-20-18(28-29-22(30)16-5-2-3-6-17(16)26)7-4-8-19(20)32-21(12)23(31)27-15-10-13(24)9-14(25)11-15/h2-3,5-6,9-11H,4,7-8H2,1H3,(H,27,31)(H,29,30)/b28-18+. The van der Waals surface area contributed by atoms with E-state index in [0.29, 0.717) is 56.2 Å². The predicted octanol–water partition coefficient (Wildman–Crippen LogP) is 6.27. The summed E-state index contributed by atoms with van der Waals surface area (Å²) >= 11 is 18.1. The lowest BCUT2D eigenvalue weighted by molar-refractivity contribution is 0.0953. The van der Waals surface area contributed by atoms with Gasteiger partial charge in [0.1, 0.15) is 5.76 Å². The second kappa shape index (κ2) is 9.36. The molecule has 6 nitrogen and oxygen atoms in total. The van der Waals surface area contributed by atoms with E-state index in [1.165, 1.54) is 0 Å². The number of fused-ring (bicyclic) bond motifs is 1. The monoisotopic (exact) mass is 489 g/mol. The average Bonchev–Trinajstić information content (AvgIpc) is 3.09. The van der Waals surface area contributed by atoms with Crippen LogP contribution in [0.4, 0.5) is 5.69 Å². The fraction of sp³-hybridized carbons (Fsp3) is 0.174. The number of carbonyl (C=O) groups is 2. The molecule has 2 amide bonds. The van der Waals surface area contributed by atoms with Gasteiger partial charge in [0.05, 0.1) is 16.3 Å². The Kier molecular flexibility index (Phi) is 6.55. The van der Waals surface area contributed by atoms with Gasteiger partial charge < -0.3 is 9.73 Å². The summed E-state index contributed by atoms with van der Waals surface area (Å²) < 4.78 is 5.88. The second-order valence-electron chi connectivity index (χ2n) is 7.30. The van der Waals surface area contributed by atoms with Gasteiger partial charge >= 0.3 is 0 Å². The van der Waals surface area contributed by atoms with Crippen LogP contribution in [0.3, 0.4) is 0 Å². The molecule has 3 aromatic rings. The minimum Gasteiger partial charge on any atom is -0.455 e. The number of carbonyl (C=O) groups excluding carboxylic acids is 2. The van der Waals surface area contributed by atoms with Crippen molar-refractivity contribution in [3.8, 4) is 0 Å². The number of nitrogens with one attached hydrogen (secondary N) is 2. The van der Waals surface area contributed by atoms with Crippen molar-refractivity contribution in [3.63, 3.8) is 0 Å². The zero-order valence-corrected chi connectivity index (χ0v) is 19.2. The third kappa shape index (κ3) is 4.67. The number of halogens is 3. The van der Waals surface area contributed by atoms with E-state index in [9.17, 15) is 9.59 Å². The molecule has 0 unspecified atom stereocenters. The lowest BCUT2D eigenvalue weighted by Gasteiger charge is -2.13. The minimum atomic E-state index is -0.422. The fourth-order valence-corrected chi connectivity index (χ4v) is 4.38. The van der Waals surface area contributed by atoms with Gasteiger partial charge in [-0.3, -0.25) is 9.59 Å². The van der Waals surface area contributed by atoms with E-state index >= 15 is 0 Å². The summed E-state index contributed by atoms with van der Waals surface area (Å²) in [5.41, 5.74) is 5.39. The van der Waals surface area contributed by atoms with Crippen molar-refractivity contribution in [1.29, 1.82) is 0 Å². The quantitative estimate of drug-likeness (QED) is 0.423. The smallest absolute Gasteiger partial charge is 0.291 e. The number of rotatable bonds is 4. The topological polar surface area (TPSA) is 83.7 Å². The Labute approximate surface area is 199 Å². The van der Waals surface area contributed by atoms with Crippen molar-refractivity contribution >= 4 is 58.0 Å². The molecule has 0 atom stereocenters. The summed E-state index contributed by atoms with van der Waals surface area (Å²) in [6, 6.07) is 11.5. The molecule has 1 heterocycles. The third-order valence-electron chi connectivity index (χ3n) is 5.06. The van der Waals surface area contributed by atoms with Crippen LogP contribution in [0, 0.1) is 6.92 Å². The van der Waals surface area contributed by atoms with Gasteiger partial charge in [-0.15, -0.1) is 0 Å². The summed E-state index contributed by atoms with van der Waals surface area (Å²) in [5.74, 6) is 0.00811. The Bertz CT molecular complexity index is 1230. The zero-order chi connectivity index (χ0) is 22.8. The maximum absolute atomic E-state index is 12.9. The fourth-order valence-electron chi connectivity index (χ4n) is 3.63. The van der Waals surface area contributed by atoms with E-state index in [1.54, 1.807) is 49.4 Å². The molecular weight excluding hydrogens is 473 g/mol. The van der Waals surface area contributed by atoms with Crippen molar-refractivity contribution in [2.45, 2.75) is 26.2 Å². The van der Waals surface area contributed by atoms with Crippen molar-refractivity contribution in [2.24, 2.45) is 5.10 Å². The van der Waals surface area contributed by atoms with Crippen LogP contribution >= 0.6 is 34.8 Å². The number of hydrazone groups is 1. The number of amides is 2. The van der Waals surface area contributed by atoms with Gasteiger partial charge in [0, 0.05) is 33.3 Å². The molecule has 0 saturated heterocycles. The highest BCUT2D eigenvalue weighted by Crippen LogP contribution is 2.31. The van der Waals surface area contributed by atoms with Gasteiger partial charge in [0.25, 0.3) is 11.8 Å². The molecule has 0 saturated carbocycles. The molecule has 0 bridgehead atoms. The van der Waals surface area contributed by atoms with E-state index in [2.05, 4.69) is 15.8 Å². The third-order valence-corrected chi connectivity index (χ3v) is 5.83. The molecule has 4 rings (SSSR count). The van der Waals surface area contributed by atoms with Crippen molar-refractivity contribution in [3.05, 3.63) is 85.7 Å². The van der Waals surface area contributed by atoms with Crippen LogP contribution in [0.2, 0.25) is 15.1 Å². The lowest BCUT2D eigenvalue weighted by Crippen LogP contribution is -2.22. The summed E-state index contributed by atoms with van der Waals surface area (Å²) in [6.07, 6.45) is 2.09. The van der Waals surface area contributed by atoms with Gasteiger partial charge in [0.2, 0.25) is 0 Å². The molecule has 32 heavy (non-hydrogen) atoms. The van der Waals surface area contributed by atoms with E-state index in [-0.39, 0.29) is 5.76 Å². The molecule has 0 fully saturated rings. The van der Waals surface area contributed by atoms with Gasteiger partial charge in [-0.05, 0) is 50.1 Å². The van der Waals surface area contributed by atoms with Gasteiger partial charge in [-0.2, -0.15) is 5.10 Å². The lowest BCUT2D eigenvalue weighted by atomic mass is 9.93. The molecule has 1 aromatic heterocycles. The van der Waals surface area contributed by atoms with Gasteiger partial charge in [-0.1, -0.05) is 46.9 Å². The molecule has 1 aliphatic carbocycles. The maximum atomic E-state index is 12.9. The van der Waals surface area contributed by atoms with Crippen molar-refractivity contribution in [2.75, 3.05) is 5.32 Å². The molecule has 0 spiro atoms. The summed E-state index contributed by atoms with van der Waals surface area (Å²) in [7, 11) is 0. The van der Waals surface area contributed by atoms with Crippen LogP contribution < -0.4 is 10.7 Å². The first kappa shape index (κ1) is 22.4. The Morgan fingerprint density at radius 3 is 2.44 bits per heavy atom. The SMILES string of the molecule is Cc1c(C(=O)Nc2cc(Cl)cc(Cl)c2)oc2c1/C(=N/NC(=O)c1ccccc1Cl)CCC2. The number of anilines is 1. The average molecular weight is 491 g/mol. The highest BCUT2D eigenvalue weighted by Gasteiger charge is 2.28. The van der Waals surface area contributed by atoms with Gasteiger partial charge in [0.15, 0.2) is 5.76 Å². The zero-order valence-electron chi connectivity index (χ0n) is 17.0. The van der Waals surface area contributed by atoms with Crippen LogP contribution in [0.15, 0.2) is 52.0 Å². The predicted molar refractivity (Wildman–Crippen MR) is 126 cm³/mol. The first-order chi connectivity index (χ1) is 15.3. The number of benzene rings is 2. The Morgan fingerprint density at radius 1 is 1.00 bits per heavy atom. The van der Waals surface area contributed by atoms with E-state index in [1.807, 2.05) is 0 Å². The maximum Gasteiger partial charge on any atom is 0.291 e. The molecule has 1 aliphatic rings. The Balaban J connectivity index is 1.58. The molecule has 0 radical (unpaired) electrons. The number of hydrogen-bond donors (Lipinski definition) is 2. The van der Waals surface area contributed by atoms with Crippen LogP contribution in [0.1, 0.15) is 50.6 Å². The summed E-state index contributed by atoms with van der Waals surface area (Å²) in [4.78, 5) is 25.3. The van der Waals surface area contributed by atoms with Gasteiger partial charge in [-0.25, -0.2) is 5.43 Å². The van der Waals surface area contributed by atoms with Crippen molar-refractivity contribution < 1.29 is 14.0 Å². The highest BCUT2D eigenvalue weighted by atomic mass is 35.5. The summed E-state index contributed by atoms with van der Waals surface area (Å²) in [5, 5.41) is 8.23. The van der Waals surface area contributed by atoms with Crippen LogP contribution in [0.25, 0.3) is 0 Å². The minimum absolute atomic E-state index is 0.179. The number of aryl methyl sites for hydroxylation is 1. The van der Waals surface area contributed by atoms with Crippen LogP contribution in [-0.2, 0) is 6.42 Å². The van der Waals surface area contributed by atoms with Crippen molar-refractivity contribution in [1.82, 2.24) is 5.43 Å². The molecule has 9 heteroatoms. The first-order valence-electron chi connectivity index (χ1n) is 9.85. The van der Waals surface area contributed by atoms with E-state index in [0.717, 1.165) is 12.0 Å². The number of furan rings is 1. The normalized spacial score (nSPS) is 14.2. The highest BCUT2D eigenvalue weighted by molar-refractivity contribution is 6.35. The molecule has 2 aromatic carbocycles. The Hall–Kier alpha value is -2.80. The molecule has 2 N–H and O–H groups in total. The van der Waals surface area contributed by atoms with Crippen LogP contribution in [0.5, 0.6) is 0 Å². The molecule has 0 aliphatic heterocycles. The molecule has 164 valence electrons.